The first-order valence-corrected chi connectivity index (χ1v) is 8.73. The molecule has 0 N–H and O–H groups in total. The monoisotopic (exact) mass is 340 g/mol. The van der Waals surface area contributed by atoms with Crippen LogP contribution in [0.2, 0.25) is 0 Å². The van der Waals surface area contributed by atoms with E-state index < -0.39 is 5.60 Å². The molecule has 0 heterocycles. The van der Waals surface area contributed by atoms with E-state index >= 15 is 0 Å². The van der Waals surface area contributed by atoms with Crippen LogP contribution in [0.15, 0.2) is 23.8 Å². The molecule has 0 amide bonds. The maximum absolute atomic E-state index is 6.36. The van der Waals surface area contributed by atoms with Gasteiger partial charge in [-0.25, -0.2) is 0 Å². The Morgan fingerprint density at radius 3 is 2.00 bits per heavy atom. The number of hydrogen-bond donors (Lipinski definition) is 0. The third-order valence-corrected chi connectivity index (χ3v) is 4.52. The lowest BCUT2D eigenvalue weighted by Gasteiger charge is -2.48. The normalized spacial score (nSPS) is 25.0. The predicted octanol–water partition coefficient (Wildman–Crippen LogP) is 4.01. The fraction of sp³-hybridized carbons (Fsp3) is 0.800. The van der Waals surface area contributed by atoms with E-state index in [1.54, 1.807) is 14.2 Å². The van der Waals surface area contributed by atoms with E-state index in [9.17, 15) is 0 Å². The molecule has 0 saturated heterocycles. The summed E-state index contributed by atoms with van der Waals surface area (Å²) in [5.41, 5.74) is 0.666. The van der Waals surface area contributed by atoms with E-state index in [2.05, 4.69) is 59.8 Å². The third kappa shape index (κ3) is 5.16. The molecule has 24 heavy (non-hydrogen) atoms. The second-order valence-corrected chi connectivity index (χ2v) is 8.37. The van der Waals surface area contributed by atoms with Crippen molar-refractivity contribution in [3.63, 3.8) is 0 Å². The van der Waals surface area contributed by atoms with Crippen LogP contribution in [0, 0.1) is 10.8 Å². The second-order valence-electron chi connectivity index (χ2n) is 8.37. The maximum Gasteiger partial charge on any atom is 0.121 e. The summed E-state index contributed by atoms with van der Waals surface area (Å²) in [6.07, 6.45) is 6.42. The molecule has 0 aliphatic heterocycles. The van der Waals surface area contributed by atoms with Crippen LogP contribution in [-0.2, 0) is 18.9 Å². The first-order valence-electron chi connectivity index (χ1n) is 8.73. The fourth-order valence-electron chi connectivity index (χ4n) is 2.90. The summed E-state index contributed by atoms with van der Waals surface area (Å²) in [6.45, 7) is 15.4. The summed E-state index contributed by atoms with van der Waals surface area (Å²) in [4.78, 5) is 0. The van der Waals surface area contributed by atoms with Crippen molar-refractivity contribution in [1.82, 2.24) is 0 Å². The van der Waals surface area contributed by atoms with Crippen LogP contribution in [0.4, 0.5) is 0 Å². The lowest BCUT2D eigenvalue weighted by molar-refractivity contribution is -0.163. The zero-order chi connectivity index (χ0) is 18.4. The largest absolute Gasteiger partial charge is 0.382 e. The average molecular weight is 341 g/mol. The van der Waals surface area contributed by atoms with Crippen molar-refractivity contribution in [2.45, 2.75) is 53.2 Å². The van der Waals surface area contributed by atoms with Crippen LogP contribution in [0.1, 0.15) is 41.5 Å². The first kappa shape index (κ1) is 21.4. The summed E-state index contributed by atoms with van der Waals surface area (Å²) >= 11 is 0. The van der Waals surface area contributed by atoms with Gasteiger partial charge in [-0.15, -0.1) is 0 Å². The van der Waals surface area contributed by atoms with Gasteiger partial charge in [0.25, 0.3) is 0 Å². The second kappa shape index (κ2) is 8.61. The van der Waals surface area contributed by atoms with Crippen molar-refractivity contribution in [1.29, 1.82) is 0 Å². The Hall–Kier alpha value is -0.680. The van der Waals surface area contributed by atoms with E-state index in [-0.39, 0.29) is 16.9 Å². The van der Waals surface area contributed by atoms with Gasteiger partial charge in [0, 0.05) is 14.2 Å². The Morgan fingerprint density at radius 2 is 1.50 bits per heavy atom. The minimum Gasteiger partial charge on any atom is -0.382 e. The highest BCUT2D eigenvalue weighted by Crippen LogP contribution is 2.44. The van der Waals surface area contributed by atoms with E-state index in [1.165, 1.54) is 5.57 Å². The van der Waals surface area contributed by atoms with Crippen LogP contribution in [-0.4, -0.2) is 52.4 Å². The average Bonchev–Trinajstić information content (AvgIpc) is 2.46. The molecule has 0 aromatic carbocycles. The quantitative estimate of drug-likeness (QED) is 0.626. The molecular weight excluding hydrogens is 304 g/mol. The van der Waals surface area contributed by atoms with Crippen molar-refractivity contribution in [2.75, 3.05) is 40.6 Å². The molecule has 2 atom stereocenters. The molecule has 0 aromatic rings. The number of methoxy groups -OCH3 is 2. The molecule has 4 heteroatoms. The molecule has 1 aliphatic rings. The standard InChI is InChI=1S/C20H36O4/c1-18(2,3)16-9-10-20(19(4,5)6,24-14-12-22-8)17(15-16)23-13-11-21-7/h9-10,15,17H,11-14H2,1-8H3. The first-order chi connectivity index (χ1) is 11.1. The molecular formula is C20H36O4. The minimum absolute atomic E-state index is 0.0654. The van der Waals surface area contributed by atoms with Crippen LogP contribution in [0.3, 0.4) is 0 Å². The number of ether oxygens (including phenoxy) is 4. The smallest absolute Gasteiger partial charge is 0.121 e. The summed E-state index contributed by atoms with van der Waals surface area (Å²) in [6, 6.07) is 0. The van der Waals surface area contributed by atoms with Gasteiger partial charge >= 0.3 is 0 Å². The molecule has 1 aliphatic carbocycles. The Kier molecular flexibility index (Phi) is 7.67. The van der Waals surface area contributed by atoms with E-state index in [0.717, 1.165) is 0 Å². The minimum atomic E-state index is -0.534. The van der Waals surface area contributed by atoms with Gasteiger partial charge in [0.1, 0.15) is 11.7 Å². The zero-order valence-corrected chi connectivity index (χ0v) is 16.8. The van der Waals surface area contributed by atoms with Crippen molar-refractivity contribution in [3.8, 4) is 0 Å². The lowest BCUT2D eigenvalue weighted by Crippen LogP contribution is -2.55. The van der Waals surface area contributed by atoms with Gasteiger partial charge < -0.3 is 18.9 Å². The molecule has 140 valence electrons. The number of allylic oxidation sites excluding steroid dienone is 2. The summed E-state index contributed by atoms with van der Waals surface area (Å²) < 4.78 is 22.9. The fourth-order valence-corrected chi connectivity index (χ4v) is 2.90. The molecule has 0 spiro atoms. The highest BCUT2D eigenvalue weighted by atomic mass is 16.6. The zero-order valence-electron chi connectivity index (χ0n) is 16.8. The van der Waals surface area contributed by atoms with E-state index in [4.69, 9.17) is 18.9 Å². The maximum atomic E-state index is 6.36. The Balaban J connectivity index is 3.17. The molecule has 0 fully saturated rings. The molecule has 1 rings (SSSR count). The highest BCUT2D eigenvalue weighted by Gasteiger charge is 2.49. The van der Waals surface area contributed by atoms with Crippen LogP contribution in [0.25, 0.3) is 0 Å². The Bertz CT molecular complexity index is 440. The van der Waals surface area contributed by atoms with Gasteiger partial charge in [-0.3, -0.25) is 0 Å². The predicted molar refractivity (Wildman–Crippen MR) is 98.3 cm³/mol. The third-order valence-electron chi connectivity index (χ3n) is 4.52. The molecule has 0 radical (unpaired) electrons. The molecule has 4 nitrogen and oxygen atoms in total. The van der Waals surface area contributed by atoms with Crippen molar-refractivity contribution in [3.05, 3.63) is 23.8 Å². The summed E-state index contributed by atoms with van der Waals surface area (Å²) in [7, 11) is 3.38. The van der Waals surface area contributed by atoms with Crippen LogP contribution in [0.5, 0.6) is 0 Å². The van der Waals surface area contributed by atoms with E-state index in [1.807, 2.05) is 0 Å². The SMILES string of the molecule is COCCOC1C=C(C(C)(C)C)C=CC1(OCCOC)C(C)(C)C. The van der Waals surface area contributed by atoms with Gasteiger partial charge in [-0.2, -0.15) is 0 Å². The van der Waals surface area contributed by atoms with Gasteiger partial charge in [-0.05, 0) is 28.6 Å². The Morgan fingerprint density at radius 1 is 0.917 bits per heavy atom. The number of rotatable bonds is 8. The van der Waals surface area contributed by atoms with Crippen LogP contribution < -0.4 is 0 Å². The Labute approximate surface area is 148 Å². The van der Waals surface area contributed by atoms with E-state index in [0.29, 0.717) is 26.4 Å². The van der Waals surface area contributed by atoms with Crippen molar-refractivity contribution in [2.24, 2.45) is 10.8 Å². The molecule has 0 aromatic heterocycles. The molecule has 0 bridgehead atoms. The highest BCUT2D eigenvalue weighted by molar-refractivity contribution is 5.36. The lowest BCUT2D eigenvalue weighted by atomic mass is 9.68. The van der Waals surface area contributed by atoms with Gasteiger partial charge in [0.15, 0.2) is 0 Å². The van der Waals surface area contributed by atoms with Gasteiger partial charge in [0.2, 0.25) is 0 Å². The van der Waals surface area contributed by atoms with Crippen LogP contribution >= 0.6 is 0 Å². The van der Waals surface area contributed by atoms with Crippen molar-refractivity contribution < 1.29 is 18.9 Å². The topological polar surface area (TPSA) is 36.9 Å². The molecule has 2 unspecified atom stereocenters. The van der Waals surface area contributed by atoms with Crippen molar-refractivity contribution >= 4 is 0 Å². The molecule has 0 saturated carbocycles. The number of hydrogen-bond acceptors (Lipinski definition) is 4. The van der Waals surface area contributed by atoms with Gasteiger partial charge in [0.05, 0.1) is 26.4 Å². The van der Waals surface area contributed by atoms with Gasteiger partial charge in [-0.1, -0.05) is 47.6 Å². The summed E-state index contributed by atoms with van der Waals surface area (Å²) in [5, 5.41) is 0. The summed E-state index contributed by atoms with van der Waals surface area (Å²) in [5.74, 6) is 0.